The molecule has 0 radical (unpaired) electrons. The summed E-state index contributed by atoms with van der Waals surface area (Å²) in [5.74, 6) is 0. The first-order valence-corrected chi connectivity index (χ1v) is 5.82. The number of hydrogen-bond donors (Lipinski definition) is 1. The topological polar surface area (TPSA) is 38.5 Å². The molecule has 2 N–H and O–H groups in total. The third-order valence-electron chi connectivity index (χ3n) is 2.99. The van der Waals surface area contributed by atoms with Gasteiger partial charge in [0.05, 0.1) is 6.61 Å². The first-order chi connectivity index (χ1) is 6.84. The third kappa shape index (κ3) is 4.40. The fourth-order valence-corrected chi connectivity index (χ4v) is 1.91. The molecule has 0 spiro atoms. The van der Waals surface area contributed by atoms with Crippen LogP contribution in [0.4, 0.5) is 0 Å². The van der Waals surface area contributed by atoms with Crippen molar-refractivity contribution in [2.24, 2.45) is 5.73 Å². The predicted molar refractivity (Wildman–Crippen MR) is 59.4 cm³/mol. The summed E-state index contributed by atoms with van der Waals surface area (Å²) in [6.45, 7) is 3.92. The average molecular weight is 200 g/mol. The Morgan fingerprint density at radius 2 is 2.07 bits per heavy atom. The van der Waals surface area contributed by atoms with Gasteiger partial charge in [-0.3, -0.25) is 0 Å². The molecule has 84 valence electrons. The summed E-state index contributed by atoms with van der Waals surface area (Å²) in [5.41, 5.74) is 5.44. The van der Waals surface area contributed by atoms with Gasteiger partial charge in [-0.15, -0.1) is 0 Å². The SMILES string of the molecule is CN(CCCCCCN)C1CCOC1. The second kappa shape index (κ2) is 7.21. The summed E-state index contributed by atoms with van der Waals surface area (Å²) >= 11 is 0. The number of rotatable bonds is 7. The van der Waals surface area contributed by atoms with Crippen molar-refractivity contribution < 1.29 is 4.74 Å². The van der Waals surface area contributed by atoms with E-state index in [-0.39, 0.29) is 0 Å². The monoisotopic (exact) mass is 200 g/mol. The first-order valence-electron chi connectivity index (χ1n) is 5.82. The number of likely N-dealkylation sites (N-methyl/N-ethyl adjacent to an activating group) is 1. The quantitative estimate of drug-likeness (QED) is 0.628. The summed E-state index contributed by atoms with van der Waals surface area (Å²) < 4.78 is 5.36. The van der Waals surface area contributed by atoms with Gasteiger partial charge in [-0.25, -0.2) is 0 Å². The van der Waals surface area contributed by atoms with Crippen LogP contribution in [-0.4, -0.2) is 44.3 Å². The highest BCUT2D eigenvalue weighted by atomic mass is 16.5. The molecule has 14 heavy (non-hydrogen) atoms. The Balaban J connectivity index is 1.94. The van der Waals surface area contributed by atoms with Gasteiger partial charge in [-0.05, 0) is 39.4 Å². The van der Waals surface area contributed by atoms with Crippen LogP contribution in [0.1, 0.15) is 32.1 Å². The fourth-order valence-electron chi connectivity index (χ4n) is 1.91. The molecule has 1 heterocycles. The molecule has 1 saturated heterocycles. The molecule has 1 aliphatic rings. The van der Waals surface area contributed by atoms with Gasteiger partial charge in [-0.2, -0.15) is 0 Å². The molecule has 0 saturated carbocycles. The standard InChI is InChI=1S/C11H24N2O/c1-13(11-6-9-14-10-11)8-5-3-2-4-7-12/h11H,2-10,12H2,1H3. The van der Waals surface area contributed by atoms with Gasteiger partial charge in [0.15, 0.2) is 0 Å². The molecule has 1 aliphatic heterocycles. The van der Waals surface area contributed by atoms with Crippen LogP contribution in [0, 0.1) is 0 Å². The van der Waals surface area contributed by atoms with E-state index in [1.54, 1.807) is 0 Å². The molecular weight excluding hydrogens is 176 g/mol. The van der Waals surface area contributed by atoms with Crippen molar-refractivity contribution in [1.29, 1.82) is 0 Å². The number of ether oxygens (including phenoxy) is 1. The summed E-state index contributed by atoms with van der Waals surface area (Å²) in [6.07, 6.45) is 6.28. The zero-order valence-electron chi connectivity index (χ0n) is 9.37. The molecule has 0 bridgehead atoms. The summed E-state index contributed by atoms with van der Waals surface area (Å²) in [4.78, 5) is 2.44. The van der Waals surface area contributed by atoms with Gasteiger partial charge in [0.1, 0.15) is 0 Å². The zero-order valence-corrected chi connectivity index (χ0v) is 9.37. The maximum Gasteiger partial charge on any atom is 0.0622 e. The lowest BCUT2D eigenvalue weighted by Gasteiger charge is -2.22. The van der Waals surface area contributed by atoms with Crippen molar-refractivity contribution >= 4 is 0 Å². The lowest BCUT2D eigenvalue weighted by atomic mass is 10.1. The van der Waals surface area contributed by atoms with Gasteiger partial charge in [-0.1, -0.05) is 12.8 Å². The lowest BCUT2D eigenvalue weighted by Crippen LogP contribution is -2.32. The van der Waals surface area contributed by atoms with E-state index < -0.39 is 0 Å². The van der Waals surface area contributed by atoms with E-state index in [0.29, 0.717) is 6.04 Å². The van der Waals surface area contributed by atoms with Crippen LogP contribution < -0.4 is 5.73 Å². The second-order valence-electron chi connectivity index (χ2n) is 4.20. The maximum atomic E-state index is 5.44. The molecule has 1 atom stereocenters. The smallest absolute Gasteiger partial charge is 0.0622 e. The van der Waals surface area contributed by atoms with E-state index >= 15 is 0 Å². The van der Waals surface area contributed by atoms with E-state index in [4.69, 9.17) is 10.5 Å². The number of nitrogens with two attached hydrogens (primary N) is 1. The van der Waals surface area contributed by atoms with Gasteiger partial charge >= 0.3 is 0 Å². The molecular formula is C11H24N2O. The third-order valence-corrected chi connectivity index (χ3v) is 2.99. The Kier molecular flexibility index (Phi) is 6.15. The first kappa shape index (κ1) is 12.0. The highest BCUT2D eigenvalue weighted by Crippen LogP contribution is 2.11. The van der Waals surface area contributed by atoms with Gasteiger partial charge in [0.25, 0.3) is 0 Å². The van der Waals surface area contributed by atoms with E-state index in [0.717, 1.165) is 19.8 Å². The van der Waals surface area contributed by atoms with Crippen molar-refractivity contribution in [1.82, 2.24) is 4.90 Å². The lowest BCUT2D eigenvalue weighted by molar-refractivity contribution is 0.158. The van der Waals surface area contributed by atoms with Crippen molar-refractivity contribution in [2.45, 2.75) is 38.1 Å². The predicted octanol–water partition coefficient (Wildman–Crippen LogP) is 1.23. The Labute approximate surface area is 87.6 Å². The Hall–Kier alpha value is -0.120. The van der Waals surface area contributed by atoms with Crippen LogP contribution in [0.3, 0.4) is 0 Å². The molecule has 3 nitrogen and oxygen atoms in total. The number of unbranched alkanes of at least 4 members (excludes halogenated alkanes) is 3. The summed E-state index contributed by atoms with van der Waals surface area (Å²) in [5, 5.41) is 0. The Morgan fingerprint density at radius 1 is 1.29 bits per heavy atom. The van der Waals surface area contributed by atoms with Gasteiger partial charge in [0.2, 0.25) is 0 Å². The molecule has 0 aromatic heterocycles. The van der Waals surface area contributed by atoms with Crippen LogP contribution in [0.25, 0.3) is 0 Å². The van der Waals surface area contributed by atoms with Crippen LogP contribution in [0.5, 0.6) is 0 Å². The highest BCUT2D eigenvalue weighted by Gasteiger charge is 2.19. The van der Waals surface area contributed by atoms with Gasteiger partial charge < -0.3 is 15.4 Å². The highest BCUT2D eigenvalue weighted by molar-refractivity contribution is 4.72. The van der Waals surface area contributed by atoms with Crippen molar-refractivity contribution in [3.63, 3.8) is 0 Å². The minimum Gasteiger partial charge on any atom is -0.380 e. The minimum atomic E-state index is 0.671. The molecule has 0 amide bonds. The van der Waals surface area contributed by atoms with Crippen LogP contribution in [0.15, 0.2) is 0 Å². The Bertz CT molecular complexity index is 135. The molecule has 1 fully saturated rings. The molecule has 0 aromatic rings. The number of hydrogen-bond acceptors (Lipinski definition) is 3. The summed E-state index contributed by atoms with van der Waals surface area (Å²) in [6, 6.07) is 0.671. The Morgan fingerprint density at radius 3 is 2.71 bits per heavy atom. The minimum absolute atomic E-state index is 0.671. The van der Waals surface area contributed by atoms with E-state index in [1.165, 1.54) is 38.6 Å². The average Bonchev–Trinajstić information content (AvgIpc) is 2.70. The maximum absolute atomic E-state index is 5.44. The van der Waals surface area contributed by atoms with Crippen LogP contribution in [-0.2, 0) is 4.74 Å². The molecule has 1 rings (SSSR count). The second-order valence-corrected chi connectivity index (χ2v) is 4.20. The van der Waals surface area contributed by atoms with E-state index in [2.05, 4.69) is 11.9 Å². The molecule has 1 unspecified atom stereocenters. The fraction of sp³-hybridized carbons (Fsp3) is 1.00. The van der Waals surface area contributed by atoms with Gasteiger partial charge in [0, 0.05) is 12.6 Å². The normalized spacial score (nSPS) is 22.1. The molecule has 0 aliphatic carbocycles. The van der Waals surface area contributed by atoms with Crippen molar-refractivity contribution in [3.05, 3.63) is 0 Å². The number of nitrogens with zero attached hydrogens (tertiary/aromatic N) is 1. The van der Waals surface area contributed by atoms with E-state index in [1.807, 2.05) is 0 Å². The van der Waals surface area contributed by atoms with Crippen molar-refractivity contribution in [2.75, 3.05) is 33.4 Å². The molecule has 0 aromatic carbocycles. The van der Waals surface area contributed by atoms with Crippen LogP contribution >= 0.6 is 0 Å². The zero-order chi connectivity index (χ0) is 10.2. The van der Waals surface area contributed by atoms with E-state index in [9.17, 15) is 0 Å². The molecule has 3 heteroatoms. The largest absolute Gasteiger partial charge is 0.380 e. The van der Waals surface area contributed by atoms with Crippen molar-refractivity contribution in [3.8, 4) is 0 Å². The summed E-state index contributed by atoms with van der Waals surface area (Å²) in [7, 11) is 2.21. The van der Waals surface area contributed by atoms with Crippen LogP contribution in [0.2, 0.25) is 0 Å².